The summed E-state index contributed by atoms with van der Waals surface area (Å²) in [5.41, 5.74) is 5.98. The molecule has 0 aliphatic heterocycles. The van der Waals surface area contributed by atoms with Gasteiger partial charge in [0, 0.05) is 19.6 Å². The lowest BCUT2D eigenvalue weighted by molar-refractivity contribution is 0.185. The molecule has 3 heteroatoms. The van der Waals surface area contributed by atoms with Gasteiger partial charge < -0.3 is 4.74 Å². The number of hydrogen-bond acceptors (Lipinski definition) is 3. The van der Waals surface area contributed by atoms with Crippen molar-refractivity contribution in [3.8, 4) is 5.75 Å². The zero-order valence-corrected chi connectivity index (χ0v) is 13.6. The van der Waals surface area contributed by atoms with Crippen molar-refractivity contribution < 1.29 is 4.74 Å². The molecule has 118 valence electrons. The molecule has 2 aromatic carbocycles. The predicted octanol–water partition coefficient (Wildman–Crippen LogP) is 3.50. The van der Waals surface area contributed by atoms with E-state index < -0.39 is 0 Å². The number of nitrogens with zero attached hydrogens (tertiary/aromatic N) is 1. The molecule has 2 rings (SSSR count). The van der Waals surface area contributed by atoms with Gasteiger partial charge in [-0.1, -0.05) is 56.3 Å². The Morgan fingerprint density at radius 2 is 1.50 bits per heavy atom. The normalized spacial score (nSPS) is 10.9. The van der Waals surface area contributed by atoms with Gasteiger partial charge in [0.2, 0.25) is 0 Å². The molecule has 22 heavy (non-hydrogen) atoms. The fourth-order valence-electron chi connectivity index (χ4n) is 2.35. The van der Waals surface area contributed by atoms with Gasteiger partial charge in [0.05, 0.1) is 0 Å². The Bertz CT molecular complexity index is 521. The summed E-state index contributed by atoms with van der Waals surface area (Å²) in [7, 11) is 0. The Morgan fingerprint density at radius 3 is 2.14 bits per heavy atom. The lowest BCUT2D eigenvalue weighted by atomic mass is 10.1. The summed E-state index contributed by atoms with van der Waals surface area (Å²) < 4.78 is 5.76. The third kappa shape index (κ3) is 5.51. The van der Waals surface area contributed by atoms with Gasteiger partial charge in [-0.3, -0.25) is 5.43 Å². The van der Waals surface area contributed by atoms with Crippen molar-refractivity contribution in [1.29, 1.82) is 0 Å². The van der Waals surface area contributed by atoms with Crippen LogP contribution in [0.3, 0.4) is 0 Å². The van der Waals surface area contributed by atoms with E-state index in [0.29, 0.717) is 6.61 Å². The number of ether oxygens (including phenoxy) is 1. The molecule has 0 heterocycles. The first-order valence-electron chi connectivity index (χ1n) is 8.06. The second kappa shape index (κ2) is 9.23. The standard InChI is InChI=1S/C19H26N2O/c1-3-21(4-2)20-14-15-22-19-12-10-18(11-13-19)16-17-8-6-5-7-9-17/h5-13,20H,3-4,14-16H2,1-2H3. The molecule has 0 amide bonds. The maximum atomic E-state index is 5.76. The van der Waals surface area contributed by atoms with Crippen LogP contribution in [-0.4, -0.2) is 31.3 Å². The predicted molar refractivity (Wildman–Crippen MR) is 92.1 cm³/mol. The van der Waals surface area contributed by atoms with Gasteiger partial charge in [-0.15, -0.1) is 0 Å². The summed E-state index contributed by atoms with van der Waals surface area (Å²) in [5, 5.41) is 2.17. The molecule has 0 aromatic heterocycles. The minimum absolute atomic E-state index is 0.675. The molecule has 3 nitrogen and oxygen atoms in total. The third-order valence-electron chi connectivity index (χ3n) is 3.64. The second-order valence-corrected chi connectivity index (χ2v) is 5.24. The summed E-state index contributed by atoms with van der Waals surface area (Å²) in [4.78, 5) is 0. The Morgan fingerprint density at radius 1 is 0.864 bits per heavy atom. The van der Waals surface area contributed by atoms with Crippen molar-refractivity contribution in [2.24, 2.45) is 0 Å². The number of rotatable bonds is 9. The molecule has 0 fully saturated rings. The largest absolute Gasteiger partial charge is 0.492 e. The zero-order chi connectivity index (χ0) is 15.6. The van der Waals surface area contributed by atoms with Crippen molar-refractivity contribution in [2.75, 3.05) is 26.2 Å². The van der Waals surface area contributed by atoms with E-state index in [1.165, 1.54) is 11.1 Å². The minimum atomic E-state index is 0.675. The van der Waals surface area contributed by atoms with E-state index in [-0.39, 0.29) is 0 Å². The highest BCUT2D eigenvalue weighted by molar-refractivity contribution is 5.31. The molecule has 1 N–H and O–H groups in total. The van der Waals surface area contributed by atoms with Crippen molar-refractivity contribution in [2.45, 2.75) is 20.3 Å². The van der Waals surface area contributed by atoms with Crippen LogP contribution in [0, 0.1) is 0 Å². The van der Waals surface area contributed by atoms with E-state index >= 15 is 0 Å². The van der Waals surface area contributed by atoms with Crippen molar-refractivity contribution in [3.63, 3.8) is 0 Å². The van der Waals surface area contributed by atoms with Crippen LogP contribution in [0.2, 0.25) is 0 Å². The van der Waals surface area contributed by atoms with E-state index in [4.69, 9.17) is 4.74 Å². The molecule has 0 saturated carbocycles. The van der Waals surface area contributed by atoms with Gasteiger partial charge in [0.25, 0.3) is 0 Å². The Labute approximate surface area is 133 Å². The van der Waals surface area contributed by atoms with Crippen LogP contribution in [0.4, 0.5) is 0 Å². The quantitative estimate of drug-likeness (QED) is 0.566. The van der Waals surface area contributed by atoms with Crippen molar-refractivity contribution >= 4 is 0 Å². The summed E-state index contributed by atoms with van der Waals surface area (Å²) in [6.07, 6.45) is 0.963. The highest BCUT2D eigenvalue weighted by atomic mass is 16.5. The van der Waals surface area contributed by atoms with Crippen LogP contribution in [0.25, 0.3) is 0 Å². The SMILES string of the molecule is CCN(CC)NCCOc1ccc(Cc2ccccc2)cc1. The van der Waals surface area contributed by atoms with Crippen LogP contribution in [0.15, 0.2) is 54.6 Å². The molecule has 0 radical (unpaired) electrons. The van der Waals surface area contributed by atoms with E-state index in [2.05, 4.69) is 72.8 Å². The first-order valence-corrected chi connectivity index (χ1v) is 8.06. The average Bonchev–Trinajstić information content (AvgIpc) is 2.57. The van der Waals surface area contributed by atoms with Crippen LogP contribution < -0.4 is 10.2 Å². The van der Waals surface area contributed by atoms with Crippen LogP contribution in [0.5, 0.6) is 5.75 Å². The Kier molecular flexibility index (Phi) is 6.94. The fourth-order valence-corrected chi connectivity index (χ4v) is 2.35. The average molecular weight is 298 g/mol. The molecule has 0 saturated heterocycles. The van der Waals surface area contributed by atoms with Gasteiger partial charge in [-0.05, 0) is 29.7 Å². The van der Waals surface area contributed by atoms with E-state index in [9.17, 15) is 0 Å². The molecular weight excluding hydrogens is 272 g/mol. The Balaban J connectivity index is 1.75. The molecule has 0 atom stereocenters. The van der Waals surface area contributed by atoms with Crippen LogP contribution in [-0.2, 0) is 6.42 Å². The van der Waals surface area contributed by atoms with Crippen molar-refractivity contribution in [1.82, 2.24) is 10.4 Å². The van der Waals surface area contributed by atoms with E-state index in [1.54, 1.807) is 0 Å². The first kappa shape index (κ1) is 16.5. The molecule has 0 aliphatic rings. The minimum Gasteiger partial charge on any atom is -0.492 e. The molecule has 2 aromatic rings. The monoisotopic (exact) mass is 298 g/mol. The second-order valence-electron chi connectivity index (χ2n) is 5.24. The lowest BCUT2D eigenvalue weighted by Crippen LogP contribution is -2.39. The summed E-state index contributed by atoms with van der Waals surface area (Å²) in [6.45, 7) is 7.79. The van der Waals surface area contributed by atoms with Gasteiger partial charge in [-0.25, -0.2) is 5.01 Å². The maximum absolute atomic E-state index is 5.76. The molecule has 0 bridgehead atoms. The summed E-state index contributed by atoms with van der Waals surface area (Å²) in [6, 6.07) is 18.9. The highest BCUT2D eigenvalue weighted by Crippen LogP contribution is 2.15. The number of hydrogen-bond donors (Lipinski definition) is 1. The van der Waals surface area contributed by atoms with E-state index in [1.807, 2.05) is 6.07 Å². The summed E-state index contributed by atoms with van der Waals surface area (Å²) >= 11 is 0. The van der Waals surface area contributed by atoms with Gasteiger partial charge >= 0.3 is 0 Å². The van der Waals surface area contributed by atoms with Gasteiger partial charge in [0.15, 0.2) is 0 Å². The summed E-state index contributed by atoms with van der Waals surface area (Å²) in [5.74, 6) is 0.929. The number of nitrogens with one attached hydrogen (secondary N) is 1. The van der Waals surface area contributed by atoms with Crippen LogP contribution in [0.1, 0.15) is 25.0 Å². The molecule has 0 aliphatic carbocycles. The smallest absolute Gasteiger partial charge is 0.119 e. The van der Waals surface area contributed by atoms with E-state index in [0.717, 1.165) is 31.8 Å². The maximum Gasteiger partial charge on any atom is 0.119 e. The number of hydrazine groups is 1. The molecule has 0 spiro atoms. The lowest BCUT2D eigenvalue weighted by Gasteiger charge is -2.19. The Hall–Kier alpha value is -1.84. The van der Waals surface area contributed by atoms with Gasteiger partial charge in [-0.2, -0.15) is 0 Å². The fraction of sp³-hybridized carbons (Fsp3) is 0.368. The topological polar surface area (TPSA) is 24.5 Å². The molecule has 0 unspecified atom stereocenters. The van der Waals surface area contributed by atoms with Crippen molar-refractivity contribution in [3.05, 3.63) is 65.7 Å². The number of benzene rings is 2. The highest BCUT2D eigenvalue weighted by Gasteiger charge is 1.99. The first-order chi connectivity index (χ1) is 10.8. The van der Waals surface area contributed by atoms with Gasteiger partial charge in [0.1, 0.15) is 12.4 Å². The third-order valence-corrected chi connectivity index (χ3v) is 3.64. The zero-order valence-electron chi connectivity index (χ0n) is 13.6. The van der Waals surface area contributed by atoms with Crippen LogP contribution >= 0.6 is 0 Å². The molecular formula is C19H26N2O.